The first-order chi connectivity index (χ1) is 8.64. The summed E-state index contributed by atoms with van der Waals surface area (Å²) in [5, 5.41) is -0.254. The van der Waals surface area contributed by atoms with Crippen molar-refractivity contribution in [2.24, 2.45) is 0 Å². The Bertz CT molecular complexity index is 435. The summed E-state index contributed by atoms with van der Waals surface area (Å²) in [5.74, 6) is -0.147. The molecule has 1 aromatic heterocycles. The summed E-state index contributed by atoms with van der Waals surface area (Å²) in [4.78, 5) is 3.70. The highest BCUT2D eigenvalue weighted by molar-refractivity contribution is 6.29. The normalized spacial score (nSPS) is 12.6. The predicted octanol–water partition coefficient (Wildman–Crippen LogP) is 3.95. The van der Waals surface area contributed by atoms with Crippen LogP contribution in [0.25, 0.3) is 0 Å². The first kappa shape index (κ1) is 16.0. The van der Waals surface area contributed by atoms with E-state index in [1.807, 2.05) is 13.8 Å². The lowest BCUT2D eigenvalue weighted by Gasteiger charge is -2.22. The molecule has 3 nitrogen and oxygen atoms in total. The Hall–Kier alpha value is -1.01. The molecule has 0 spiro atoms. The molecule has 0 atom stereocenters. The maximum Gasteiger partial charge on any atom is 0.416 e. The Labute approximate surface area is 114 Å². The SMILES string of the molecule is COC(C)(C)CCOc1cc(C(F)(F)F)cc(Cl)n1. The zero-order chi connectivity index (χ0) is 14.7. The Morgan fingerprint density at radius 3 is 2.42 bits per heavy atom. The molecule has 0 bridgehead atoms. The molecule has 0 N–H and O–H groups in total. The number of halogens is 4. The molecule has 0 saturated carbocycles. The van der Waals surface area contributed by atoms with Crippen LogP contribution in [0.2, 0.25) is 5.15 Å². The van der Waals surface area contributed by atoms with Crippen molar-refractivity contribution in [1.82, 2.24) is 4.98 Å². The molecule has 7 heteroatoms. The van der Waals surface area contributed by atoms with Gasteiger partial charge in [0.2, 0.25) is 5.88 Å². The maximum absolute atomic E-state index is 12.6. The fraction of sp³-hybridized carbons (Fsp3) is 0.583. The summed E-state index contributed by atoms with van der Waals surface area (Å²) in [6, 6.07) is 1.58. The van der Waals surface area contributed by atoms with E-state index in [0.29, 0.717) is 6.42 Å². The second kappa shape index (κ2) is 5.96. The molecule has 0 aliphatic carbocycles. The summed E-state index contributed by atoms with van der Waals surface area (Å²) in [5.41, 5.74) is -1.29. The minimum absolute atomic E-state index is 0.147. The van der Waals surface area contributed by atoms with Crippen LogP contribution in [0.4, 0.5) is 13.2 Å². The van der Waals surface area contributed by atoms with Crippen molar-refractivity contribution in [2.45, 2.75) is 32.0 Å². The monoisotopic (exact) mass is 297 g/mol. The molecule has 0 radical (unpaired) electrons. The van der Waals surface area contributed by atoms with Gasteiger partial charge < -0.3 is 9.47 Å². The third kappa shape index (κ3) is 5.24. The van der Waals surface area contributed by atoms with Gasteiger partial charge in [-0.3, -0.25) is 0 Å². The molecule has 0 fully saturated rings. The quantitative estimate of drug-likeness (QED) is 0.771. The lowest BCUT2D eigenvalue weighted by Crippen LogP contribution is -2.25. The van der Waals surface area contributed by atoms with Gasteiger partial charge in [0, 0.05) is 19.6 Å². The second-order valence-corrected chi connectivity index (χ2v) is 4.96. The van der Waals surface area contributed by atoms with Crippen molar-refractivity contribution < 1.29 is 22.6 Å². The second-order valence-electron chi connectivity index (χ2n) is 4.58. The van der Waals surface area contributed by atoms with E-state index in [0.717, 1.165) is 12.1 Å². The van der Waals surface area contributed by atoms with Crippen molar-refractivity contribution in [2.75, 3.05) is 13.7 Å². The number of alkyl halides is 3. The Morgan fingerprint density at radius 2 is 1.89 bits per heavy atom. The van der Waals surface area contributed by atoms with E-state index in [-0.39, 0.29) is 17.6 Å². The first-order valence-electron chi connectivity index (χ1n) is 5.57. The van der Waals surface area contributed by atoms with Crippen molar-refractivity contribution in [3.63, 3.8) is 0 Å². The molecule has 1 aromatic rings. The van der Waals surface area contributed by atoms with Crippen LogP contribution in [0.5, 0.6) is 5.88 Å². The standard InChI is InChI=1S/C12H15ClF3NO2/c1-11(2,18-3)4-5-19-10-7-8(12(14,15)16)6-9(13)17-10/h6-7H,4-5H2,1-3H3. The van der Waals surface area contributed by atoms with Crippen molar-refractivity contribution in [3.05, 3.63) is 22.8 Å². The molecule has 1 heterocycles. The number of nitrogens with zero attached hydrogens (tertiary/aromatic N) is 1. The van der Waals surface area contributed by atoms with E-state index in [9.17, 15) is 13.2 Å². The molecule has 19 heavy (non-hydrogen) atoms. The molecule has 0 aliphatic heterocycles. The van der Waals surface area contributed by atoms with E-state index < -0.39 is 17.3 Å². The minimum atomic E-state index is -4.48. The van der Waals surface area contributed by atoms with Gasteiger partial charge in [-0.2, -0.15) is 13.2 Å². The smallest absolute Gasteiger partial charge is 0.416 e. The molecular weight excluding hydrogens is 283 g/mol. The summed E-state index contributed by atoms with van der Waals surface area (Å²) >= 11 is 5.54. The number of hydrogen-bond acceptors (Lipinski definition) is 3. The summed E-state index contributed by atoms with van der Waals surface area (Å²) in [6.07, 6.45) is -3.96. The molecule has 0 aliphatic rings. The first-order valence-corrected chi connectivity index (χ1v) is 5.94. The van der Waals surface area contributed by atoms with Crippen LogP contribution in [-0.2, 0) is 10.9 Å². The number of hydrogen-bond donors (Lipinski definition) is 0. The zero-order valence-electron chi connectivity index (χ0n) is 10.8. The molecule has 1 rings (SSSR count). The van der Waals surface area contributed by atoms with Crippen LogP contribution in [0.1, 0.15) is 25.8 Å². The highest BCUT2D eigenvalue weighted by atomic mass is 35.5. The number of pyridine rings is 1. The minimum Gasteiger partial charge on any atom is -0.478 e. The molecule has 0 amide bonds. The molecule has 0 aromatic carbocycles. The molecule has 0 unspecified atom stereocenters. The molecular formula is C12H15ClF3NO2. The number of ether oxygens (including phenoxy) is 2. The van der Waals surface area contributed by atoms with E-state index in [2.05, 4.69) is 4.98 Å². The van der Waals surface area contributed by atoms with Crippen molar-refractivity contribution in [3.8, 4) is 5.88 Å². The average Bonchev–Trinajstić information content (AvgIpc) is 2.27. The van der Waals surface area contributed by atoms with Gasteiger partial charge in [0.15, 0.2) is 0 Å². The number of aromatic nitrogens is 1. The van der Waals surface area contributed by atoms with Gasteiger partial charge in [0.05, 0.1) is 17.8 Å². The van der Waals surface area contributed by atoms with Crippen LogP contribution in [0.15, 0.2) is 12.1 Å². The van der Waals surface area contributed by atoms with E-state index >= 15 is 0 Å². The Morgan fingerprint density at radius 1 is 1.26 bits per heavy atom. The highest BCUT2D eigenvalue weighted by Crippen LogP contribution is 2.32. The summed E-state index contributed by atoms with van der Waals surface area (Å²) in [6.45, 7) is 3.89. The van der Waals surface area contributed by atoms with Crippen LogP contribution < -0.4 is 4.74 Å². The number of methoxy groups -OCH3 is 1. The zero-order valence-corrected chi connectivity index (χ0v) is 11.6. The van der Waals surface area contributed by atoms with E-state index in [1.54, 1.807) is 7.11 Å². The van der Waals surface area contributed by atoms with E-state index in [1.165, 1.54) is 0 Å². The van der Waals surface area contributed by atoms with Crippen LogP contribution in [0.3, 0.4) is 0 Å². The summed E-state index contributed by atoms with van der Waals surface area (Å²) in [7, 11) is 1.55. The fourth-order valence-electron chi connectivity index (χ4n) is 1.21. The van der Waals surface area contributed by atoms with E-state index in [4.69, 9.17) is 21.1 Å². The van der Waals surface area contributed by atoms with Gasteiger partial charge in [0.25, 0.3) is 0 Å². The lowest BCUT2D eigenvalue weighted by atomic mass is 10.1. The molecule has 108 valence electrons. The lowest BCUT2D eigenvalue weighted by molar-refractivity contribution is -0.137. The van der Waals surface area contributed by atoms with Crippen LogP contribution in [0, 0.1) is 0 Å². The van der Waals surface area contributed by atoms with Gasteiger partial charge in [-0.25, -0.2) is 4.98 Å². The summed E-state index contributed by atoms with van der Waals surface area (Å²) < 4.78 is 48.0. The maximum atomic E-state index is 12.6. The highest BCUT2D eigenvalue weighted by Gasteiger charge is 2.31. The predicted molar refractivity (Wildman–Crippen MR) is 65.4 cm³/mol. The van der Waals surface area contributed by atoms with Gasteiger partial charge in [0.1, 0.15) is 5.15 Å². The average molecular weight is 298 g/mol. The fourth-order valence-corrected chi connectivity index (χ4v) is 1.41. The van der Waals surface area contributed by atoms with Gasteiger partial charge in [-0.15, -0.1) is 0 Å². The van der Waals surface area contributed by atoms with Crippen LogP contribution in [-0.4, -0.2) is 24.3 Å². The Balaban J connectivity index is 2.72. The van der Waals surface area contributed by atoms with Gasteiger partial charge >= 0.3 is 6.18 Å². The third-order valence-corrected chi connectivity index (χ3v) is 2.80. The largest absolute Gasteiger partial charge is 0.478 e. The Kier molecular flexibility index (Phi) is 5.04. The van der Waals surface area contributed by atoms with Crippen molar-refractivity contribution in [1.29, 1.82) is 0 Å². The number of rotatable bonds is 5. The third-order valence-electron chi connectivity index (χ3n) is 2.60. The van der Waals surface area contributed by atoms with Gasteiger partial charge in [-0.05, 0) is 19.9 Å². The topological polar surface area (TPSA) is 31.4 Å². The van der Waals surface area contributed by atoms with Crippen molar-refractivity contribution >= 4 is 11.6 Å². The van der Waals surface area contributed by atoms with Crippen LogP contribution >= 0.6 is 11.6 Å². The molecule has 0 saturated heterocycles. The van der Waals surface area contributed by atoms with Gasteiger partial charge in [-0.1, -0.05) is 11.6 Å².